The molecule has 2 aromatic rings. The topological polar surface area (TPSA) is 74.7 Å². The Balaban J connectivity index is 2.08. The van der Waals surface area contributed by atoms with Crippen molar-refractivity contribution >= 4 is 33.7 Å². The molecule has 0 amide bonds. The van der Waals surface area contributed by atoms with E-state index in [2.05, 4.69) is 0 Å². The van der Waals surface area contributed by atoms with Crippen LogP contribution in [-0.4, -0.2) is 23.8 Å². The standard InChI is InChI=1S/C17H14ClNO4S/c18-13-5-7-14(8-6-13)24(22,23)19-10-9-12-3-1-2-4-15(12)16(19)11-17(20)21/h1-10,16H,11H2,(H,20,21). The largest absolute Gasteiger partial charge is 0.481 e. The molecule has 1 atom stereocenters. The minimum absolute atomic E-state index is 0.0614. The number of hydrogen-bond acceptors (Lipinski definition) is 3. The van der Waals surface area contributed by atoms with Gasteiger partial charge >= 0.3 is 5.97 Å². The Morgan fingerprint density at radius 3 is 2.46 bits per heavy atom. The van der Waals surface area contributed by atoms with E-state index in [9.17, 15) is 18.3 Å². The summed E-state index contributed by atoms with van der Waals surface area (Å²) in [5.41, 5.74) is 1.48. The number of hydrogen-bond donors (Lipinski definition) is 1. The Bertz CT molecular complexity index is 906. The molecule has 0 fully saturated rings. The maximum atomic E-state index is 12.9. The van der Waals surface area contributed by atoms with Gasteiger partial charge in [0, 0.05) is 11.2 Å². The molecule has 124 valence electrons. The summed E-state index contributed by atoms with van der Waals surface area (Å²) in [6.45, 7) is 0. The van der Waals surface area contributed by atoms with Crippen LogP contribution >= 0.6 is 11.6 Å². The van der Waals surface area contributed by atoms with Crippen LogP contribution < -0.4 is 0 Å². The minimum atomic E-state index is -3.89. The first kappa shape index (κ1) is 16.5. The van der Waals surface area contributed by atoms with Crippen molar-refractivity contribution in [2.75, 3.05) is 0 Å². The summed E-state index contributed by atoms with van der Waals surface area (Å²) in [6, 6.07) is 12.1. The Morgan fingerprint density at radius 1 is 1.12 bits per heavy atom. The van der Waals surface area contributed by atoms with E-state index in [1.807, 2.05) is 12.1 Å². The molecule has 1 N–H and O–H groups in total. The van der Waals surface area contributed by atoms with E-state index in [-0.39, 0.29) is 11.3 Å². The van der Waals surface area contributed by atoms with Crippen LogP contribution in [0.4, 0.5) is 0 Å². The molecule has 0 bridgehead atoms. The molecule has 3 rings (SSSR count). The number of nitrogens with zero attached hydrogens (tertiary/aromatic N) is 1. The van der Waals surface area contributed by atoms with Gasteiger partial charge in [-0.25, -0.2) is 8.42 Å². The number of sulfonamides is 1. The summed E-state index contributed by atoms with van der Waals surface area (Å²) in [7, 11) is -3.89. The molecule has 1 heterocycles. The van der Waals surface area contributed by atoms with Gasteiger partial charge in [-0.1, -0.05) is 35.9 Å². The number of benzene rings is 2. The quantitative estimate of drug-likeness (QED) is 0.901. The lowest BCUT2D eigenvalue weighted by molar-refractivity contribution is -0.137. The monoisotopic (exact) mass is 363 g/mol. The third-order valence-corrected chi connectivity index (χ3v) is 5.87. The maximum Gasteiger partial charge on any atom is 0.305 e. The average molecular weight is 364 g/mol. The number of carboxylic acids is 1. The van der Waals surface area contributed by atoms with Crippen LogP contribution in [0.25, 0.3) is 6.08 Å². The molecule has 0 aromatic heterocycles. The lowest BCUT2D eigenvalue weighted by atomic mass is 9.96. The number of carboxylic acid groups (broad SMARTS) is 1. The molecule has 0 saturated carbocycles. The van der Waals surface area contributed by atoms with E-state index >= 15 is 0 Å². The van der Waals surface area contributed by atoms with Crippen LogP contribution in [0.2, 0.25) is 5.02 Å². The summed E-state index contributed by atoms with van der Waals surface area (Å²) < 4.78 is 27.0. The van der Waals surface area contributed by atoms with Crippen LogP contribution in [0.15, 0.2) is 59.6 Å². The highest BCUT2D eigenvalue weighted by Crippen LogP contribution is 2.36. The van der Waals surface area contributed by atoms with E-state index in [4.69, 9.17) is 11.6 Å². The molecule has 7 heteroatoms. The highest BCUT2D eigenvalue weighted by molar-refractivity contribution is 7.89. The first-order valence-electron chi connectivity index (χ1n) is 7.17. The third-order valence-electron chi connectivity index (χ3n) is 3.82. The second kappa shape index (κ2) is 6.30. The number of aliphatic carboxylic acids is 1. The third kappa shape index (κ3) is 3.02. The molecule has 0 aliphatic carbocycles. The molecular weight excluding hydrogens is 350 g/mol. The first-order valence-corrected chi connectivity index (χ1v) is 8.99. The number of halogens is 1. The zero-order chi connectivity index (χ0) is 17.3. The zero-order valence-corrected chi connectivity index (χ0v) is 14.0. The summed E-state index contributed by atoms with van der Waals surface area (Å²) in [5.74, 6) is -1.07. The van der Waals surface area contributed by atoms with Gasteiger partial charge in [0.2, 0.25) is 0 Å². The van der Waals surface area contributed by atoms with Crippen molar-refractivity contribution in [3.8, 4) is 0 Å². The zero-order valence-electron chi connectivity index (χ0n) is 12.5. The number of rotatable bonds is 4. The van der Waals surface area contributed by atoms with Crippen LogP contribution in [0, 0.1) is 0 Å². The number of fused-ring (bicyclic) bond motifs is 1. The first-order chi connectivity index (χ1) is 11.4. The van der Waals surface area contributed by atoms with Crippen LogP contribution in [0.5, 0.6) is 0 Å². The van der Waals surface area contributed by atoms with Gasteiger partial charge in [-0.2, -0.15) is 0 Å². The van der Waals surface area contributed by atoms with Crippen molar-refractivity contribution in [1.29, 1.82) is 0 Å². The van der Waals surface area contributed by atoms with Gasteiger partial charge in [0.05, 0.1) is 17.4 Å². The molecule has 1 aliphatic rings. The highest BCUT2D eigenvalue weighted by Gasteiger charge is 2.34. The van der Waals surface area contributed by atoms with Crippen molar-refractivity contribution < 1.29 is 18.3 Å². The van der Waals surface area contributed by atoms with Crippen LogP contribution in [0.1, 0.15) is 23.6 Å². The second-order valence-electron chi connectivity index (χ2n) is 5.35. The molecule has 24 heavy (non-hydrogen) atoms. The van der Waals surface area contributed by atoms with Gasteiger partial charge in [-0.05, 0) is 41.5 Å². The number of carbonyl (C=O) groups is 1. The van der Waals surface area contributed by atoms with E-state index in [1.54, 1.807) is 18.2 Å². The van der Waals surface area contributed by atoms with Gasteiger partial charge in [0.15, 0.2) is 0 Å². The van der Waals surface area contributed by atoms with Crippen molar-refractivity contribution in [3.05, 3.63) is 70.9 Å². The fourth-order valence-corrected chi connectivity index (χ4v) is 4.30. The van der Waals surface area contributed by atoms with Gasteiger partial charge < -0.3 is 5.11 Å². The summed E-state index contributed by atoms with van der Waals surface area (Å²) in [6.07, 6.45) is 2.76. The molecule has 1 aliphatic heterocycles. The van der Waals surface area contributed by atoms with Crippen molar-refractivity contribution in [2.45, 2.75) is 17.4 Å². The van der Waals surface area contributed by atoms with E-state index in [0.717, 1.165) is 9.87 Å². The predicted octanol–water partition coefficient (Wildman–Crippen LogP) is 3.53. The Kier molecular flexibility index (Phi) is 4.34. The molecule has 2 aromatic carbocycles. The normalized spacial score (nSPS) is 16.7. The average Bonchev–Trinajstić information content (AvgIpc) is 2.55. The van der Waals surface area contributed by atoms with Crippen molar-refractivity contribution in [2.24, 2.45) is 0 Å². The smallest absolute Gasteiger partial charge is 0.305 e. The lowest BCUT2D eigenvalue weighted by Crippen LogP contribution is -2.33. The fourth-order valence-electron chi connectivity index (χ4n) is 2.70. The Labute approximate surface area is 144 Å². The van der Waals surface area contributed by atoms with Gasteiger partial charge in [0.1, 0.15) is 0 Å². The summed E-state index contributed by atoms with van der Waals surface area (Å²) >= 11 is 5.81. The summed E-state index contributed by atoms with van der Waals surface area (Å²) in [5, 5.41) is 9.65. The maximum absolute atomic E-state index is 12.9. The lowest BCUT2D eigenvalue weighted by Gasteiger charge is -2.33. The molecule has 5 nitrogen and oxygen atoms in total. The fraction of sp³-hybridized carbons (Fsp3) is 0.118. The molecule has 0 spiro atoms. The predicted molar refractivity (Wildman–Crippen MR) is 90.9 cm³/mol. The molecule has 0 radical (unpaired) electrons. The highest BCUT2D eigenvalue weighted by atomic mass is 35.5. The van der Waals surface area contributed by atoms with Crippen molar-refractivity contribution in [3.63, 3.8) is 0 Å². The Hall–Kier alpha value is -2.31. The Morgan fingerprint density at radius 2 is 1.79 bits per heavy atom. The van der Waals surface area contributed by atoms with Crippen molar-refractivity contribution in [1.82, 2.24) is 4.31 Å². The molecule has 0 saturated heterocycles. The minimum Gasteiger partial charge on any atom is -0.481 e. The van der Waals surface area contributed by atoms with Gasteiger partial charge in [-0.3, -0.25) is 9.10 Å². The van der Waals surface area contributed by atoms with Gasteiger partial charge in [-0.15, -0.1) is 0 Å². The second-order valence-corrected chi connectivity index (χ2v) is 7.63. The van der Waals surface area contributed by atoms with Gasteiger partial charge in [0.25, 0.3) is 10.0 Å². The van der Waals surface area contributed by atoms with Crippen LogP contribution in [0.3, 0.4) is 0 Å². The van der Waals surface area contributed by atoms with E-state index < -0.39 is 22.0 Å². The van der Waals surface area contributed by atoms with E-state index in [1.165, 1.54) is 30.5 Å². The van der Waals surface area contributed by atoms with Crippen LogP contribution in [-0.2, 0) is 14.8 Å². The molecule has 1 unspecified atom stereocenters. The summed E-state index contributed by atoms with van der Waals surface area (Å²) in [4.78, 5) is 11.3. The van der Waals surface area contributed by atoms with E-state index in [0.29, 0.717) is 10.6 Å². The SMILES string of the molecule is O=C(O)CC1c2ccccc2C=CN1S(=O)(=O)c1ccc(Cl)cc1. The molecular formula is C17H14ClNO4S.